The van der Waals surface area contributed by atoms with Crippen molar-refractivity contribution in [3.8, 4) is 11.8 Å². The zero-order chi connectivity index (χ0) is 20.6. The Balaban J connectivity index is 1.61. The van der Waals surface area contributed by atoms with Gasteiger partial charge in [-0.15, -0.1) is 0 Å². The third-order valence-electron chi connectivity index (χ3n) is 4.51. The highest BCUT2D eigenvalue weighted by molar-refractivity contribution is 5.82. The van der Waals surface area contributed by atoms with E-state index in [2.05, 4.69) is 26.8 Å². The smallest absolute Gasteiger partial charge is 0.331 e. The molecular weight excluding hydrogens is 378 g/mol. The first-order chi connectivity index (χ1) is 13.9. The lowest BCUT2D eigenvalue weighted by Crippen LogP contribution is -2.28. The fourth-order valence-electron chi connectivity index (χ4n) is 3.40. The molecule has 10 heteroatoms. The van der Waals surface area contributed by atoms with Crippen LogP contribution < -0.4 is 5.73 Å². The Kier molecular flexibility index (Phi) is 4.96. The lowest BCUT2D eigenvalue weighted by atomic mass is 10.1. The second-order valence-corrected chi connectivity index (χ2v) is 6.97. The van der Waals surface area contributed by atoms with Crippen molar-refractivity contribution < 1.29 is 23.7 Å². The summed E-state index contributed by atoms with van der Waals surface area (Å²) >= 11 is 0. The van der Waals surface area contributed by atoms with Gasteiger partial charge >= 0.3 is 5.97 Å². The molecule has 0 aromatic carbocycles. The Morgan fingerprint density at radius 3 is 2.93 bits per heavy atom. The van der Waals surface area contributed by atoms with Crippen molar-refractivity contribution in [3.05, 3.63) is 24.8 Å². The minimum Gasteiger partial charge on any atom is -0.463 e. The van der Waals surface area contributed by atoms with Crippen LogP contribution in [-0.2, 0) is 23.7 Å². The number of hydrogen-bond acceptors (Lipinski definition) is 9. The number of esters is 1. The van der Waals surface area contributed by atoms with Crippen molar-refractivity contribution in [1.29, 1.82) is 0 Å². The van der Waals surface area contributed by atoms with Crippen LogP contribution in [0.2, 0.25) is 0 Å². The van der Waals surface area contributed by atoms with Crippen LogP contribution >= 0.6 is 0 Å². The maximum Gasteiger partial charge on any atom is 0.331 e. The second kappa shape index (κ2) is 7.44. The summed E-state index contributed by atoms with van der Waals surface area (Å²) in [4.78, 5) is 23.9. The van der Waals surface area contributed by atoms with Gasteiger partial charge in [-0.2, -0.15) is 0 Å². The highest BCUT2D eigenvalue weighted by Crippen LogP contribution is 2.43. The Morgan fingerprint density at radius 1 is 1.34 bits per heavy atom. The van der Waals surface area contributed by atoms with Gasteiger partial charge in [-0.25, -0.2) is 19.7 Å². The molecule has 2 fully saturated rings. The minimum atomic E-state index is -0.789. The molecule has 0 spiro atoms. The first-order valence-electron chi connectivity index (χ1n) is 9.18. The average Bonchev–Trinajstić information content (AvgIpc) is 3.31. The van der Waals surface area contributed by atoms with E-state index in [1.807, 2.05) is 13.8 Å². The molecule has 10 nitrogen and oxygen atoms in total. The number of rotatable bonds is 3. The lowest BCUT2D eigenvalue weighted by molar-refractivity contribution is -0.190. The van der Waals surface area contributed by atoms with Crippen molar-refractivity contribution in [2.24, 2.45) is 0 Å². The monoisotopic (exact) mass is 399 g/mol. The van der Waals surface area contributed by atoms with Crippen LogP contribution in [0, 0.1) is 11.8 Å². The van der Waals surface area contributed by atoms with E-state index in [1.165, 1.54) is 18.5 Å². The van der Waals surface area contributed by atoms with E-state index in [1.54, 1.807) is 17.8 Å². The summed E-state index contributed by atoms with van der Waals surface area (Å²) in [5.74, 6) is 4.83. The van der Waals surface area contributed by atoms with Gasteiger partial charge in [0.05, 0.1) is 12.9 Å². The molecule has 29 heavy (non-hydrogen) atoms. The molecule has 2 aromatic heterocycles. The average molecular weight is 399 g/mol. The number of allylic oxidation sites excluding steroid dienone is 1. The van der Waals surface area contributed by atoms with E-state index in [0.717, 1.165) is 0 Å². The molecule has 2 aliphatic heterocycles. The van der Waals surface area contributed by atoms with E-state index < -0.39 is 36.3 Å². The van der Waals surface area contributed by atoms with Gasteiger partial charge in [0.2, 0.25) is 0 Å². The van der Waals surface area contributed by atoms with Crippen molar-refractivity contribution in [2.75, 3.05) is 12.3 Å². The number of aromatic nitrogens is 4. The number of fused-ring (bicyclic) bond motifs is 2. The van der Waals surface area contributed by atoms with Gasteiger partial charge in [0, 0.05) is 6.08 Å². The third kappa shape index (κ3) is 3.67. The van der Waals surface area contributed by atoms with E-state index in [-0.39, 0.29) is 5.82 Å². The predicted molar refractivity (Wildman–Crippen MR) is 101 cm³/mol. The lowest BCUT2D eigenvalue weighted by Gasteiger charge is -2.23. The largest absolute Gasteiger partial charge is 0.463 e. The standard InChI is InChI=1S/C19H21N5O5/c1-4-26-12(25)8-6-5-7-11-14-15(29-19(2,3)28-14)18(27-11)24-10-23-13-16(20)21-9-22-17(13)24/h6,8-11,14-15,18H,4H2,1-3H3,(H2,20,21,22)/b8-6-/t11-,14-,15-,18-/m1/s1. The van der Waals surface area contributed by atoms with Gasteiger partial charge in [-0.1, -0.05) is 11.8 Å². The molecule has 0 bridgehead atoms. The summed E-state index contributed by atoms with van der Waals surface area (Å²) in [5, 5.41) is 0. The molecule has 2 aromatic rings. The fourth-order valence-corrected chi connectivity index (χ4v) is 3.40. The number of nitrogens with zero attached hydrogens (tertiary/aromatic N) is 4. The predicted octanol–water partition coefficient (Wildman–Crippen LogP) is 0.949. The van der Waals surface area contributed by atoms with E-state index >= 15 is 0 Å². The molecule has 152 valence electrons. The van der Waals surface area contributed by atoms with Gasteiger partial charge in [0.25, 0.3) is 0 Å². The Morgan fingerprint density at radius 2 is 2.14 bits per heavy atom. The molecule has 0 amide bonds. The van der Waals surface area contributed by atoms with Gasteiger partial charge in [-0.3, -0.25) is 4.57 Å². The molecule has 4 atom stereocenters. The van der Waals surface area contributed by atoms with Gasteiger partial charge in [-0.05, 0) is 26.8 Å². The number of hydrogen-bond donors (Lipinski definition) is 1. The minimum absolute atomic E-state index is 0.285. The summed E-state index contributed by atoms with van der Waals surface area (Å²) in [6, 6.07) is 0. The maximum absolute atomic E-state index is 11.4. The number of anilines is 1. The van der Waals surface area contributed by atoms with E-state index in [9.17, 15) is 4.79 Å². The molecule has 2 saturated heterocycles. The van der Waals surface area contributed by atoms with Crippen LogP contribution in [0.4, 0.5) is 5.82 Å². The van der Waals surface area contributed by atoms with Crippen molar-refractivity contribution in [3.63, 3.8) is 0 Å². The second-order valence-electron chi connectivity index (χ2n) is 6.97. The van der Waals surface area contributed by atoms with Crippen LogP contribution in [-0.4, -0.2) is 56.2 Å². The summed E-state index contributed by atoms with van der Waals surface area (Å²) in [5.41, 5.74) is 6.90. The van der Waals surface area contributed by atoms with E-state index in [0.29, 0.717) is 17.8 Å². The first-order valence-corrected chi connectivity index (χ1v) is 9.18. The molecule has 2 N–H and O–H groups in total. The molecule has 0 saturated carbocycles. The van der Waals surface area contributed by atoms with Crippen molar-refractivity contribution in [1.82, 2.24) is 19.5 Å². The topological polar surface area (TPSA) is 124 Å². The summed E-state index contributed by atoms with van der Waals surface area (Å²) in [7, 11) is 0. The third-order valence-corrected chi connectivity index (χ3v) is 4.51. The Labute approximate surface area is 167 Å². The number of carbonyl (C=O) groups is 1. The Bertz CT molecular complexity index is 1020. The number of imidazole rings is 1. The molecule has 2 aliphatic rings. The van der Waals surface area contributed by atoms with E-state index in [4.69, 9.17) is 24.7 Å². The number of ether oxygens (including phenoxy) is 4. The highest BCUT2D eigenvalue weighted by atomic mass is 16.8. The first kappa shape index (κ1) is 19.3. The van der Waals surface area contributed by atoms with Gasteiger partial charge in [0.1, 0.15) is 30.2 Å². The molecule has 4 heterocycles. The molecule has 4 rings (SSSR count). The summed E-state index contributed by atoms with van der Waals surface area (Å²) in [6.07, 6.45) is 3.66. The Hall–Kier alpha value is -3.00. The summed E-state index contributed by atoms with van der Waals surface area (Å²) < 4.78 is 24.8. The maximum atomic E-state index is 11.4. The number of carbonyl (C=O) groups excluding carboxylic acids is 1. The van der Waals surface area contributed by atoms with Crippen LogP contribution in [0.3, 0.4) is 0 Å². The normalized spacial score (nSPS) is 27.7. The molecule has 0 unspecified atom stereocenters. The van der Waals surface area contributed by atoms with Gasteiger partial charge < -0.3 is 24.7 Å². The van der Waals surface area contributed by atoms with Crippen LogP contribution in [0.1, 0.15) is 27.0 Å². The van der Waals surface area contributed by atoms with Crippen LogP contribution in [0.5, 0.6) is 0 Å². The fraction of sp³-hybridized carbons (Fsp3) is 0.474. The highest BCUT2D eigenvalue weighted by Gasteiger charge is 2.55. The van der Waals surface area contributed by atoms with Crippen LogP contribution in [0.25, 0.3) is 11.2 Å². The van der Waals surface area contributed by atoms with Crippen LogP contribution in [0.15, 0.2) is 24.8 Å². The molecule has 0 radical (unpaired) electrons. The SMILES string of the molecule is CCOC(=O)/C=C\C#C[C@H]1O[C@@H](n2cnc3c(N)ncnc32)[C@@H]2OC(C)(C)O[C@@H]21. The van der Waals surface area contributed by atoms with Crippen molar-refractivity contribution in [2.45, 2.75) is 51.1 Å². The van der Waals surface area contributed by atoms with Gasteiger partial charge in [0.15, 0.2) is 23.5 Å². The van der Waals surface area contributed by atoms with Crippen molar-refractivity contribution >= 4 is 23.0 Å². The molecule has 0 aliphatic carbocycles. The zero-order valence-corrected chi connectivity index (χ0v) is 16.2. The zero-order valence-electron chi connectivity index (χ0n) is 16.2. The molecular formula is C19H21N5O5. The number of nitrogens with two attached hydrogens (primary N) is 1. The number of nitrogen functional groups attached to an aromatic ring is 1. The summed E-state index contributed by atoms with van der Waals surface area (Å²) in [6.45, 7) is 5.71. The quantitative estimate of drug-likeness (QED) is 0.456.